The lowest BCUT2D eigenvalue weighted by atomic mass is 9.92. The smallest absolute Gasteiger partial charge is 0.417 e. The molecule has 0 spiro atoms. The first-order chi connectivity index (χ1) is 11.5. The summed E-state index contributed by atoms with van der Waals surface area (Å²) < 4.78 is 10.8. The topological polar surface area (TPSA) is 55.8 Å². The third kappa shape index (κ3) is 3.67. The van der Waals surface area contributed by atoms with Crippen LogP contribution < -0.4 is 0 Å². The van der Waals surface area contributed by atoms with Crippen LogP contribution in [0.4, 0.5) is 4.79 Å². The van der Waals surface area contributed by atoms with Crippen LogP contribution in [-0.4, -0.2) is 35.7 Å². The van der Waals surface area contributed by atoms with Gasteiger partial charge in [0.25, 0.3) is 5.91 Å². The van der Waals surface area contributed by atoms with Gasteiger partial charge in [-0.2, -0.15) is 0 Å². The number of nitrogens with zero attached hydrogens (tertiary/aromatic N) is 1. The monoisotopic (exact) mass is 329 g/mol. The van der Waals surface area contributed by atoms with Crippen LogP contribution in [0.1, 0.15) is 38.3 Å². The molecule has 2 aliphatic rings. The van der Waals surface area contributed by atoms with Crippen molar-refractivity contribution in [2.75, 3.05) is 6.61 Å². The van der Waals surface area contributed by atoms with Crippen molar-refractivity contribution in [2.45, 2.75) is 44.9 Å². The van der Waals surface area contributed by atoms with E-state index in [2.05, 4.69) is 0 Å². The molecule has 0 unspecified atom stereocenters. The molecule has 2 fully saturated rings. The number of hydrogen-bond donors (Lipinski definition) is 0. The van der Waals surface area contributed by atoms with Gasteiger partial charge in [-0.15, -0.1) is 0 Å². The van der Waals surface area contributed by atoms with Crippen molar-refractivity contribution in [3.8, 4) is 0 Å². The van der Waals surface area contributed by atoms with Gasteiger partial charge in [-0.3, -0.25) is 4.79 Å². The Hall–Kier alpha value is -2.14. The lowest BCUT2D eigenvalue weighted by Crippen LogP contribution is -2.33. The van der Waals surface area contributed by atoms with Crippen molar-refractivity contribution in [2.24, 2.45) is 5.92 Å². The van der Waals surface area contributed by atoms with E-state index in [0.29, 0.717) is 5.92 Å². The summed E-state index contributed by atoms with van der Waals surface area (Å²) >= 11 is 0. The van der Waals surface area contributed by atoms with Crippen LogP contribution >= 0.6 is 0 Å². The Morgan fingerprint density at radius 2 is 1.83 bits per heavy atom. The molecular weight excluding hydrogens is 306 g/mol. The Morgan fingerprint density at radius 1 is 1.17 bits per heavy atom. The van der Waals surface area contributed by atoms with Gasteiger partial charge in [0.05, 0.1) is 12.2 Å². The van der Waals surface area contributed by atoms with Crippen molar-refractivity contribution >= 4 is 12.0 Å². The lowest BCUT2D eigenvalue weighted by molar-refractivity contribution is -0.124. The summed E-state index contributed by atoms with van der Waals surface area (Å²) in [4.78, 5) is 25.7. The van der Waals surface area contributed by atoms with E-state index >= 15 is 0 Å². The van der Waals surface area contributed by atoms with E-state index in [1.54, 1.807) is 0 Å². The highest BCUT2D eigenvalue weighted by Crippen LogP contribution is 2.29. The molecule has 24 heavy (non-hydrogen) atoms. The summed E-state index contributed by atoms with van der Waals surface area (Å²) in [5.74, 6) is -0.0281. The number of amides is 2. The summed E-state index contributed by atoms with van der Waals surface area (Å²) in [6, 6.07) is 9.13. The van der Waals surface area contributed by atoms with E-state index in [1.165, 1.54) is 11.0 Å². The number of benzene rings is 1. The number of rotatable bonds is 3. The molecule has 3 rings (SSSR count). The molecule has 0 saturated carbocycles. The van der Waals surface area contributed by atoms with Crippen LogP contribution in [0.5, 0.6) is 0 Å². The number of carbonyl (C=O) groups is 2. The molecule has 5 nitrogen and oxygen atoms in total. The van der Waals surface area contributed by atoms with Gasteiger partial charge >= 0.3 is 6.09 Å². The van der Waals surface area contributed by atoms with E-state index in [0.717, 1.165) is 18.4 Å². The molecule has 2 aliphatic heterocycles. The number of carbonyl (C=O) groups excluding carboxylic acids is 2. The van der Waals surface area contributed by atoms with Crippen molar-refractivity contribution < 1.29 is 19.1 Å². The number of imide groups is 1. The number of allylic oxidation sites excluding steroid dienone is 1. The average molecular weight is 329 g/mol. The van der Waals surface area contributed by atoms with E-state index < -0.39 is 6.09 Å². The second-order valence-corrected chi connectivity index (χ2v) is 6.56. The van der Waals surface area contributed by atoms with Crippen LogP contribution in [0.25, 0.3) is 0 Å². The van der Waals surface area contributed by atoms with Crippen molar-refractivity contribution in [1.82, 2.24) is 4.90 Å². The maximum atomic E-state index is 12.6. The largest absolute Gasteiger partial charge is 0.446 e. The molecule has 2 heterocycles. The summed E-state index contributed by atoms with van der Waals surface area (Å²) in [5, 5.41) is 0. The predicted octanol–water partition coefficient (Wildman–Crippen LogP) is 3.47. The second-order valence-electron chi connectivity index (χ2n) is 6.56. The minimum absolute atomic E-state index is 0.187. The fourth-order valence-corrected chi connectivity index (χ4v) is 3.50. The Bertz CT molecular complexity index is 618. The fourth-order valence-electron chi connectivity index (χ4n) is 3.50. The molecule has 0 aromatic heterocycles. The van der Waals surface area contributed by atoms with E-state index in [-0.39, 0.29) is 30.8 Å². The first-order valence-electron chi connectivity index (χ1n) is 8.43. The van der Waals surface area contributed by atoms with E-state index in [1.807, 2.05) is 50.3 Å². The standard InChI is InChI=1S/C19H23NO4/c1-13-10-15(11-14(2)24-13)8-9-18(21)20-17(12-23-19(20)22)16-6-4-3-5-7-16/h3-9,13-15,17H,10-12H2,1-2H3/b9-8+/t13-,14+,15+,17-/m0/s1. The zero-order valence-corrected chi connectivity index (χ0v) is 14.1. The van der Waals surface area contributed by atoms with Gasteiger partial charge in [0.2, 0.25) is 0 Å². The van der Waals surface area contributed by atoms with Crippen LogP contribution in [0.3, 0.4) is 0 Å². The molecule has 4 atom stereocenters. The van der Waals surface area contributed by atoms with E-state index in [9.17, 15) is 9.59 Å². The Balaban J connectivity index is 1.70. The van der Waals surface area contributed by atoms with Crippen LogP contribution in [0.2, 0.25) is 0 Å². The molecule has 1 aromatic carbocycles. The Kier molecular flexibility index (Phi) is 5.00. The predicted molar refractivity (Wildman–Crippen MR) is 89.3 cm³/mol. The minimum Gasteiger partial charge on any atom is -0.446 e. The maximum absolute atomic E-state index is 12.6. The Morgan fingerprint density at radius 3 is 2.50 bits per heavy atom. The molecule has 2 saturated heterocycles. The van der Waals surface area contributed by atoms with Gasteiger partial charge in [-0.25, -0.2) is 9.69 Å². The van der Waals surface area contributed by atoms with Gasteiger partial charge < -0.3 is 9.47 Å². The molecular formula is C19H23NO4. The molecule has 2 amide bonds. The van der Waals surface area contributed by atoms with Crippen LogP contribution in [0.15, 0.2) is 42.5 Å². The molecule has 0 radical (unpaired) electrons. The number of ether oxygens (including phenoxy) is 2. The first kappa shape index (κ1) is 16.7. The van der Waals surface area contributed by atoms with Crippen molar-refractivity contribution in [3.05, 3.63) is 48.0 Å². The molecule has 0 bridgehead atoms. The minimum atomic E-state index is -0.577. The zero-order chi connectivity index (χ0) is 17.1. The molecule has 128 valence electrons. The number of cyclic esters (lactones) is 1. The van der Waals surface area contributed by atoms with Crippen molar-refractivity contribution in [1.29, 1.82) is 0 Å². The van der Waals surface area contributed by atoms with Gasteiger partial charge in [-0.1, -0.05) is 36.4 Å². The van der Waals surface area contributed by atoms with Crippen LogP contribution in [0, 0.1) is 5.92 Å². The molecule has 1 aromatic rings. The summed E-state index contributed by atoms with van der Waals surface area (Å²) in [5.41, 5.74) is 0.901. The van der Waals surface area contributed by atoms with Gasteiger partial charge in [-0.05, 0) is 44.2 Å². The number of hydrogen-bond acceptors (Lipinski definition) is 4. The highest BCUT2D eigenvalue weighted by atomic mass is 16.6. The highest BCUT2D eigenvalue weighted by molar-refractivity contribution is 5.99. The summed E-state index contributed by atoms with van der Waals surface area (Å²) in [6.07, 6.45) is 5.00. The highest BCUT2D eigenvalue weighted by Gasteiger charge is 2.38. The molecule has 5 heteroatoms. The Labute approximate surface area is 142 Å². The van der Waals surface area contributed by atoms with Gasteiger partial charge in [0, 0.05) is 0 Å². The molecule has 0 N–H and O–H groups in total. The maximum Gasteiger partial charge on any atom is 0.417 e. The van der Waals surface area contributed by atoms with Gasteiger partial charge in [0.1, 0.15) is 12.6 Å². The lowest BCUT2D eigenvalue weighted by Gasteiger charge is -2.30. The average Bonchev–Trinajstić information content (AvgIpc) is 2.94. The van der Waals surface area contributed by atoms with Gasteiger partial charge in [0.15, 0.2) is 0 Å². The third-order valence-corrected chi connectivity index (χ3v) is 4.54. The fraction of sp³-hybridized carbons (Fsp3) is 0.474. The summed E-state index contributed by atoms with van der Waals surface area (Å²) in [7, 11) is 0. The normalized spacial score (nSPS) is 30.6. The summed E-state index contributed by atoms with van der Waals surface area (Å²) in [6.45, 7) is 4.29. The second kappa shape index (κ2) is 7.18. The third-order valence-electron chi connectivity index (χ3n) is 4.54. The van der Waals surface area contributed by atoms with Crippen molar-refractivity contribution in [3.63, 3.8) is 0 Å². The zero-order valence-electron chi connectivity index (χ0n) is 14.1. The quantitative estimate of drug-likeness (QED) is 0.797. The SMILES string of the molecule is C[C@@H]1C[C@H](/C=C/C(=O)N2C(=O)OC[C@H]2c2ccccc2)C[C@H](C)O1. The van der Waals surface area contributed by atoms with Crippen LogP contribution in [-0.2, 0) is 14.3 Å². The van der Waals surface area contributed by atoms with E-state index in [4.69, 9.17) is 9.47 Å². The molecule has 0 aliphatic carbocycles. The first-order valence-corrected chi connectivity index (χ1v) is 8.43.